The average molecular weight is 404 g/mol. The van der Waals surface area contributed by atoms with Crippen molar-refractivity contribution in [2.24, 2.45) is 0 Å². The number of hydrogen-bond donors (Lipinski definition) is 2. The first-order valence-corrected chi connectivity index (χ1v) is 8.74. The fraction of sp³-hybridized carbons (Fsp3) is 0.0588. The molecule has 0 spiro atoms. The van der Waals surface area contributed by atoms with Gasteiger partial charge in [-0.25, -0.2) is 4.79 Å². The largest absolute Gasteiger partial charge is 0.481 e. The van der Waals surface area contributed by atoms with E-state index in [0.717, 1.165) is 16.8 Å². The van der Waals surface area contributed by atoms with E-state index >= 15 is 0 Å². The molecular weight excluding hydrogens is 392 g/mol. The van der Waals surface area contributed by atoms with Crippen molar-refractivity contribution in [3.63, 3.8) is 0 Å². The number of carboxylic acid groups (broad SMARTS) is 1. The average Bonchev–Trinajstić information content (AvgIpc) is 3.26. The van der Waals surface area contributed by atoms with Gasteiger partial charge in [-0.3, -0.25) is 15.0 Å². The number of furan rings is 1. The van der Waals surface area contributed by atoms with Crippen molar-refractivity contribution in [1.82, 2.24) is 10.4 Å². The van der Waals surface area contributed by atoms with Gasteiger partial charge in [-0.1, -0.05) is 30.0 Å². The number of ether oxygens (including phenoxy) is 1. The monoisotopic (exact) mass is 404 g/mol. The van der Waals surface area contributed by atoms with Gasteiger partial charge in [-0.15, -0.1) is 0 Å². The van der Waals surface area contributed by atoms with Crippen molar-refractivity contribution < 1.29 is 28.6 Å². The van der Waals surface area contributed by atoms with Crippen LogP contribution in [0.5, 0.6) is 5.75 Å². The Hall–Kier alpha value is -3.11. The maximum absolute atomic E-state index is 12.6. The van der Waals surface area contributed by atoms with Crippen molar-refractivity contribution in [1.29, 1.82) is 0 Å². The van der Waals surface area contributed by atoms with Gasteiger partial charge in [0.25, 0.3) is 5.91 Å². The van der Waals surface area contributed by atoms with Gasteiger partial charge in [-0.2, -0.15) is 5.01 Å². The highest BCUT2D eigenvalue weighted by Gasteiger charge is 2.34. The van der Waals surface area contributed by atoms with Crippen LogP contribution in [0.2, 0.25) is 0 Å². The third kappa shape index (κ3) is 4.36. The second kappa shape index (κ2) is 8.06. The molecule has 0 atom stereocenters. The van der Waals surface area contributed by atoms with Gasteiger partial charge in [0.1, 0.15) is 5.75 Å². The number of carboxylic acids is 1. The van der Waals surface area contributed by atoms with Crippen LogP contribution in [0, 0.1) is 0 Å². The van der Waals surface area contributed by atoms with E-state index < -0.39 is 24.4 Å². The molecule has 0 bridgehead atoms. The maximum Gasteiger partial charge on any atom is 0.341 e. The third-order valence-electron chi connectivity index (χ3n) is 3.31. The van der Waals surface area contributed by atoms with Gasteiger partial charge in [0.2, 0.25) is 0 Å². The number of para-hydroxylation sites is 1. The first-order chi connectivity index (χ1) is 13.0. The second-order valence-corrected chi connectivity index (χ2v) is 6.83. The molecule has 1 fully saturated rings. The predicted molar refractivity (Wildman–Crippen MR) is 101 cm³/mol. The van der Waals surface area contributed by atoms with Crippen molar-refractivity contribution >= 4 is 52.2 Å². The van der Waals surface area contributed by atoms with Gasteiger partial charge in [-0.05, 0) is 36.5 Å². The van der Waals surface area contributed by atoms with Crippen molar-refractivity contribution in [3.8, 4) is 5.75 Å². The number of benzene rings is 1. The molecule has 8 nitrogen and oxygen atoms in total. The Bertz CT molecular complexity index is 939. The van der Waals surface area contributed by atoms with Crippen LogP contribution in [0.25, 0.3) is 6.08 Å². The van der Waals surface area contributed by atoms with Crippen LogP contribution in [0.15, 0.2) is 52.0 Å². The Balaban J connectivity index is 1.78. The standard InChI is InChI=1S/C17H12N2O6S2/c20-14(21)9-25-11-5-2-1-4-10(11)8-13-16(23)19(17(26)27-13)18-15(22)12-6-3-7-24-12/h1-8H,9H2,(H,18,22)(H,20,21)/b13-8+. The van der Waals surface area contributed by atoms with E-state index in [1.165, 1.54) is 18.4 Å². The smallest absolute Gasteiger partial charge is 0.341 e. The summed E-state index contributed by atoms with van der Waals surface area (Å²) in [5.74, 6) is -1.89. The lowest BCUT2D eigenvalue weighted by Crippen LogP contribution is -2.44. The summed E-state index contributed by atoms with van der Waals surface area (Å²) in [6.45, 7) is -0.509. The molecule has 2 aromatic rings. The maximum atomic E-state index is 12.6. The summed E-state index contributed by atoms with van der Waals surface area (Å²) >= 11 is 6.15. The van der Waals surface area contributed by atoms with E-state index in [2.05, 4.69) is 5.43 Å². The topological polar surface area (TPSA) is 109 Å². The predicted octanol–water partition coefficient (Wildman–Crippen LogP) is 2.29. The molecule has 0 unspecified atom stereocenters. The van der Waals surface area contributed by atoms with Crippen LogP contribution in [-0.2, 0) is 9.59 Å². The molecule has 0 aliphatic carbocycles. The summed E-state index contributed by atoms with van der Waals surface area (Å²) in [5, 5.41) is 9.71. The molecule has 0 saturated carbocycles. The van der Waals surface area contributed by atoms with Gasteiger partial charge in [0.05, 0.1) is 11.2 Å². The number of amides is 2. The Morgan fingerprint density at radius 2 is 2.07 bits per heavy atom. The molecule has 2 N–H and O–H groups in total. The normalized spacial score (nSPS) is 15.3. The zero-order chi connectivity index (χ0) is 19.4. The van der Waals surface area contributed by atoms with Crippen LogP contribution < -0.4 is 10.2 Å². The molecular formula is C17H12N2O6S2. The molecule has 1 aromatic heterocycles. The second-order valence-electron chi connectivity index (χ2n) is 5.16. The first kappa shape index (κ1) is 18.7. The number of carbonyl (C=O) groups excluding carboxylic acids is 2. The molecule has 1 aromatic carbocycles. The lowest BCUT2D eigenvalue weighted by molar-refractivity contribution is -0.139. The Labute approximate surface area is 162 Å². The van der Waals surface area contributed by atoms with Crippen LogP contribution in [0.4, 0.5) is 0 Å². The minimum absolute atomic E-state index is 0.0421. The molecule has 3 rings (SSSR count). The fourth-order valence-electron chi connectivity index (χ4n) is 2.14. The SMILES string of the molecule is O=C(O)COc1ccccc1/C=C1/SC(=S)N(NC(=O)c2ccco2)C1=O. The highest BCUT2D eigenvalue weighted by molar-refractivity contribution is 8.26. The lowest BCUT2D eigenvalue weighted by Gasteiger charge is -2.14. The van der Waals surface area contributed by atoms with Crippen molar-refractivity contribution in [3.05, 3.63) is 58.9 Å². The Morgan fingerprint density at radius 3 is 2.78 bits per heavy atom. The number of aliphatic carboxylic acids is 1. The number of carbonyl (C=O) groups is 3. The molecule has 1 saturated heterocycles. The van der Waals surface area contributed by atoms with Gasteiger partial charge >= 0.3 is 11.9 Å². The highest BCUT2D eigenvalue weighted by atomic mass is 32.2. The van der Waals surface area contributed by atoms with Crippen molar-refractivity contribution in [2.75, 3.05) is 6.61 Å². The van der Waals surface area contributed by atoms with Gasteiger partial charge < -0.3 is 14.3 Å². The summed E-state index contributed by atoms with van der Waals surface area (Å²) in [5.41, 5.74) is 2.90. The molecule has 138 valence electrons. The molecule has 1 aliphatic heterocycles. The first-order valence-electron chi connectivity index (χ1n) is 7.52. The highest BCUT2D eigenvalue weighted by Crippen LogP contribution is 2.33. The number of hydrogen-bond acceptors (Lipinski definition) is 7. The molecule has 2 heterocycles. The van der Waals surface area contributed by atoms with Crippen LogP contribution in [-0.4, -0.2) is 38.8 Å². The number of nitrogens with one attached hydrogen (secondary N) is 1. The van der Waals surface area contributed by atoms with E-state index in [9.17, 15) is 14.4 Å². The zero-order valence-electron chi connectivity index (χ0n) is 13.6. The van der Waals surface area contributed by atoms with Crippen LogP contribution in [0.1, 0.15) is 16.1 Å². The Kier molecular flexibility index (Phi) is 5.57. The van der Waals surface area contributed by atoms with E-state index in [1.54, 1.807) is 30.3 Å². The summed E-state index contributed by atoms with van der Waals surface area (Å²) in [4.78, 5) is 35.6. The lowest BCUT2D eigenvalue weighted by atomic mass is 10.2. The van der Waals surface area contributed by atoms with E-state index in [4.69, 9.17) is 26.5 Å². The van der Waals surface area contributed by atoms with Crippen LogP contribution >= 0.6 is 24.0 Å². The zero-order valence-corrected chi connectivity index (χ0v) is 15.2. The van der Waals surface area contributed by atoms with Crippen molar-refractivity contribution in [2.45, 2.75) is 0 Å². The van der Waals surface area contributed by atoms with E-state index in [0.29, 0.717) is 11.3 Å². The number of rotatable bonds is 6. The number of thiocarbonyl (C=S) groups is 1. The summed E-state index contributed by atoms with van der Waals surface area (Å²) in [6, 6.07) is 9.67. The number of thioether (sulfide) groups is 1. The molecule has 27 heavy (non-hydrogen) atoms. The molecule has 10 heteroatoms. The minimum atomic E-state index is -1.11. The van der Waals surface area contributed by atoms with Gasteiger partial charge in [0, 0.05) is 5.56 Å². The molecule has 0 radical (unpaired) electrons. The molecule has 2 amide bonds. The molecule has 1 aliphatic rings. The summed E-state index contributed by atoms with van der Waals surface area (Å²) in [7, 11) is 0. The quantitative estimate of drug-likeness (QED) is 0.558. The van der Waals surface area contributed by atoms with E-state index in [1.807, 2.05) is 0 Å². The summed E-state index contributed by atoms with van der Waals surface area (Å²) in [6.07, 6.45) is 2.86. The summed E-state index contributed by atoms with van der Waals surface area (Å²) < 4.78 is 10.3. The number of nitrogens with zero attached hydrogens (tertiary/aromatic N) is 1. The fourth-order valence-corrected chi connectivity index (χ4v) is 3.31. The Morgan fingerprint density at radius 1 is 1.30 bits per heavy atom. The van der Waals surface area contributed by atoms with Gasteiger partial charge in [0.15, 0.2) is 16.7 Å². The number of hydrazine groups is 1. The minimum Gasteiger partial charge on any atom is -0.481 e. The van der Waals surface area contributed by atoms with E-state index in [-0.39, 0.29) is 15.0 Å². The van der Waals surface area contributed by atoms with Crippen LogP contribution in [0.3, 0.4) is 0 Å². The third-order valence-corrected chi connectivity index (χ3v) is 4.61.